The molecule has 2 fully saturated rings. The first-order valence-electron chi connectivity index (χ1n) is 13.2. The van der Waals surface area contributed by atoms with Crippen molar-refractivity contribution in [3.63, 3.8) is 0 Å². The number of nitrogens with zero attached hydrogens (tertiary/aromatic N) is 5. The van der Waals surface area contributed by atoms with Crippen LogP contribution in [0.1, 0.15) is 65.8 Å². The first-order chi connectivity index (χ1) is 18.4. The number of nitrogens with one attached hydrogen (secondary N) is 1. The van der Waals surface area contributed by atoms with Gasteiger partial charge in [0.1, 0.15) is 11.6 Å². The number of rotatable bonds is 1. The molecule has 1 atom stereocenters. The Bertz CT molecular complexity index is 1390. The van der Waals surface area contributed by atoms with Crippen molar-refractivity contribution in [2.75, 3.05) is 38.2 Å². The van der Waals surface area contributed by atoms with Crippen LogP contribution in [0.25, 0.3) is 5.65 Å². The zero-order chi connectivity index (χ0) is 26.4. The van der Waals surface area contributed by atoms with Gasteiger partial charge in [0.05, 0.1) is 23.4 Å². The third-order valence-corrected chi connectivity index (χ3v) is 8.01. The summed E-state index contributed by atoms with van der Waals surface area (Å²) in [5.74, 6) is 0.891. The van der Waals surface area contributed by atoms with Crippen molar-refractivity contribution in [3.05, 3.63) is 52.3 Å². The molecule has 0 radical (unpaired) electrons. The van der Waals surface area contributed by atoms with Crippen LogP contribution in [0.3, 0.4) is 0 Å². The van der Waals surface area contributed by atoms with Gasteiger partial charge in [-0.15, -0.1) is 0 Å². The number of piperidine rings is 1. The van der Waals surface area contributed by atoms with E-state index in [1.54, 1.807) is 18.2 Å². The van der Waals surface area contributed by atoms with Crippen LogP contribution in [-0.4, -0.2) is 75.8 Å². The lowest BCUT2D eigenvalue weighted by Gasteiger charge is -2.35. The van der Waals surface area contributed by atoms with Crippen molar-refractivity contribution < 1.29 is 19.4 Å². The van der Waals surface area contributed by atoms with E-state index < -0.39 is 0 Å². The number of aliphatic hydroxyl groups is 1. The molecule has 2 aliphatic heterocycles. The number of likely N-dealkylation sites (N-methyl/N-ethyl adjacent to an activating group) is 1. The van der Waals surface area contributed by atoms with Gasteiger partial charge in [-0.2, -0.15) is 9.61 Å². The maximum atomic E-state index is 13.9. The largest absolute Gasteiger partial charge is 0.483 e. The number of hydrogen-bond acceptors (Lipinski definition) is 7. The smallest absolute Gasteiger partial charge is 0.258 e. The zero-order valence-corrected chi connectivity index (χ0v) is 22.0. The normalized spacial score (nSPS) is 24.4. The van der Waals surface area contributed by atoms with E-state index in [9.17, 15) is 14.7 Å². The number of aliphatic hydroxyl groups excluding tert-OH is 1. The summed E-state index contributed by atoms with van der Waals surface area (Å²) < 4.78 is 7.63. The Kier molecular flexibility index (Phi) is 6.61. The second kappa shape index (κ2) is 10.1. The summed E-state index contributed by atoms with van der Waals surface area (Å²) in [6, 6.07) is 8.66. The number of fused-ring (bicyclic) bond motifs is 4. The molecule has 2 N–H and O–H groups in total. The molecular formula is C27H31ClN6O4. The Hall–Kier alpha value is -3.37. The average Bonchev–Trinajstić information content (AvgIpc) is 3.33. The van der Waals surface area contributed by atoms with Crippen molar-refractivity contribution in [2.24, 2.45) is 0 Å². The van der Waals surface area contributed by atoms with Gasteiger partial charge < -0.3 is 25.0 Å². The van der Waals surface area contributed by atoms with E-state index in [1.165, 1.54) is 0 Å². The number of aromatic nitrogens is 3. The van der Waals surface area contributed by atoms with Crippen LogP contribution >= 0.6 is 11.6 Å². The molecule has 4 heterocycles. The molecule has 3 aliphatic rings. The van der Waals surface area contributed by atoms with Crippen molar-refractivity contribution in [1.29, 1.82) is 0 Å². The molecule has 2 bridgehead atoms. The van der Waals surface area contributed by atoms with Crippen LogP contribution < -0.4 is 15.0 Å². The van der Waals surface area contributed by atoms with E-state index in [0.717, 1.165) is 36.5 Å². The molecule has 0 spiro atoms. The molecule has 2 aromatic heterocycles. The fourth-order valence-corrected chi connectivity index (χ4v) is 5.74. The fourth-order valence-electron chi connectivity index (χ4n) is 5.57. The Morgan fingerprint density at radius 1 is 1.11 bits per heavy atom. The first-order valence-corrected chi connectivity index (χ1v) is 13.5. The third kappa shape index (κ3) is 4.67. The van der Waals surface area contributed by atoms with E-state index in [-0.39, 0.29) is 36.5 Å². The lowest BCUT2D eigenvalue weighted by atomic mass is 9.80. The quantitative estimate of drug-likeness (QED) is 0.490. The Labute approximate surface area is 225 Å². The molecule has 3 aromatic rings. The number of carbonyl (C=O) groups is 2. The molecule has 10 nitrogen and oxygen atoms in total. The maximum Gasteiger partial charge on any atom is 0.258 e. The predicted octanol–water partition coefficient (Wildman–Crippen LogP) is 2.93. The summed E-state index contributed by atoms with van der Waals surface area (Å²) in [7, 11) is 1.96. The number of halogens is 1. The van der Waals surface area contributed by atoms with Crippen LogP contribution in [0.2, 0.25) is 5.02 Å². The molecule has 6 rings (SSSR count). The van der Waals surface area contributed by atoms with E-state index >= 15 is 0 Å². The molecule has 2 amide bonds. The van der Waals surface area contributed by atoms with Crippen LogP contribution in [0.15, 0.2) is 30.3 Å². The highest BCUT2D eigenvalue weighted by molar-refractivity contribution is 6.31. The minimum Gasteiger partial charge on any atom is -0.483 e. The molecule has 1 aliphatic carbocycles. The molecule has 11 heteroatoms. The number of anilines is 1. The van der Waals surface area contributed by atoms with E-state index in [0.29, 0.717) is 54.5 Å². The van der Waals surface area contributed by atoms with Gasteiger partial charge in [0, 0.05) is 55.4 Å². The van der Waals surface area contributed by atoms with Crippen LogP contribution in [0.5, 0.6) is 5.75 Å². The lowest BCUT2D eigenvalue weighted by Crippen LogP contribution is -2.39. The van der Waals surface area contributed by atoms with Gasteiger partial charge in [0.15, 0.2) is 12.3 Å². The first kappa shape index (κ1) is 24.9. The third-order valence-electron chi connectivity index (χ3n) is 7.77. The molecule has 1 saturated carbocycles. The highest BCUT2D eigenvalue weighted by Gasteiger charge is 2.34. The fraction of sp³-hybridized carbons (Fsp3) is 0.481. The second-order valence-corrected chi connectivity index (χ2v) is 10.8. The van der Waals surface area contributed by atoms with E-state index in [4.69, 9.17) is 26.4 Å². The van der Waals surface area contributed by atoms with Crippen LogP contribution in [0.4, 0.5) is 5.82 Å². The summed E-state index contributed by atoms with van der Waals surface area (Å²) in [5.41, 5.74) is 2.75. The average molecular weight is 539 g/mol. The van der Waals surface area contributed by atoms with Crippen molar-refractivity contribution >= 4 is 34.9 Å². The molecule has 1 unspecified atom stereocenters. The van der Waals surface area contributed by atoms with Gasteiger partial charge in [-0.1, -0.05) is 11.6 Å². The van der Waals surface area contributed by atoms with E-state index in [1.807, 2.05) is 33.5 Å². The molecule has 1 aromatic carbocycles. The summed E-state index contributed by atoms with van der Waals surface area (Å²) in [4.78, 5) is 35.2. The van der Waals surface area contributed by atoms with Crippen molar-refractivity contribution in [3.8, 4) is 5.75 Å². The van der Waals surface area contributed by atoms with E-state index in [2.05, 4.69) is 5.32 Å². The highest BCUT2D eigenvalue weighted by Crippen LogP contribution is 2.39. The SMILES string of the molecule is CN1CCNC(=O)COc2ccc(Cl)cc2C(=O)N2CCCCC2c2cc3nc(C4CC(O)C4)cc1n3n2. The van der Waals surface area contributed by atoms with Crippen LogP contribution in [-0.2, 0) is 4.79 Å². The van der Waals surface area contributed by atoms with Gasteiger partial charge in [0.25, 0.3) is 11.8 Å². The number of carbonyl (C=O) groups excluding carboxylic acids is 2. The van der Waals surface area contributed by atoms with Gasteiger partial charge in [-0.25, -0.2) is 4.98 Å². The minimum atomic E-state index is -0.287. The maximum absolute atomic E-state index is 13.9. The zero-order valence-electron chi connectivity index (χ0n) is 21.3. The van der Waals surface area contributed by atoms with Crippen molar-refractivity contribution in [1.82, 2.24) is 24.8 Å². The summed E-state index contributed by atoms with van der Waals surface area (Å²) in [5, 5.41) is 18.2. The molecular weight excluding hydrogens is 508 g/mol. The molecule has 200 valence electrons. The number of benzene rings is 1. The van der Waals surface area contributed by atoms with Crippen molar-refractivity contribution in [2.45, 2.75) is 50.2 Å². The van der Waals surface area contributed by atoms with Gasteiger partial charge in [0.2, 0.25) is 0 Å². The number of hydrogen-bond donors (Lipinski definition) is 2. The molecule has 38 heavy (non-hydrogen) atoms. The monoisotopic (exact) mass is 538 g/mol. The standard InChI is InChI=1S/C27H31ClN6O4/c1-32-9-7-29-25(36)15-38-23-6-5-17(28)12-19(23)27(37)33-8-3-2-4-22(33)21-13-24-30-20(16-10-18(35)11-16)14-26(32)34(24)31-21/h5-6,12-14,16,18,22,35H,2-4,7-11,15H2,1H3,(H,29,36). The lowest BCUT2D eigenvalue weighted by molar-refractivity contribution is -0.123. The summed E-state index contributed by atoms with van der Waals surface area (Å²) >= 11 is 6.27. The Balaban J connectivity index is 1.46. The Morgan fingerprint density at radius 3 is 2.76 bits per heavy atom. The number of ether oxygens (including phenoxy) is 1. The topological polar surface area (TPSA) is 112 Å². The van der Waals surface area contributed by atoms with Gasteiger partial charge in [-0.3, -0.25) is 9.59 Å². The van der Waals surface area contributed by atoms with Gasteiger partial charge in [-0.05, 0) is 50.3 Å². The molecule has 1 saturated heterocycles. The second-order valence-electron chi connectivity index (χ2n) is 10.4. The highest BCUT2D eigenvalue weighted by atomic mass is 35.5. The number of amides is 2. The van der Waals surface area contributed by atoms with Gasteiger partial charge >= 0.3 is 0 Å². The summed E-state index contributed by atoms with van der Waals surface area (Å²) in [6.07, 6.45) is 3.74. The van der Waals surface area contributed by atoms with Crippen LogP contribution in [0, 0.1) is 0 Å². The predicted molar refractivity (Wildman–Crippen MR) is 142 cm³/mol. The minimum absolute atomic E-state index is 0.195. The summed E-state index contributed by atoms with van der Waals surface area (Å²) in [6.45, 7) is 1.32. The Morgan fingerprint density at radius 2 is 1.95 bits per heavy atom.